The van der Waals surface area contributed by atoms with Crippen molar-refractivity contribution in [3.05, 3.63) is 66.7 Å². The molecule has 0 amide bonds. The van der Waals surface area contributed by atoms with Crippen molar-refractivity contribution in [3.63, 3.8) is 0 Å². The highest BCUT2D eigenvalue weighted by Gasteiger charge is 2.32. The van der Waals surface area contributed by atoms with Crippen molar-refractivity contribution >= 4 is 58.2 Å². The summed E-state index contributed by atoms with van der Waals surface area (Å²) in [5, 5.41) is 4.12. The first kappa shape index (κ1) is 24.2. The zero-order valence-electron chi connectivity index (χ0n) is 16.9. The number of hydrogen-bond acceptors (Lipinski definition) is 5. The van der Waals surface area contributed by atoms with Crippen LogP contribution >= 0.6 is 46.1 Å². The molecule has 0 saturated heterocycles. The predicted octanol–water partition coefficient (Wildman–Crippen LogP) is 7.65. The Morgan fingerprint density at radius 3 is 2.71 bits per heavy atom. The second kappa shape index (κ2) is 12.0. The number of nitroso groups, excluding NO2 is 1. The minimum Gasteiger partial charge on any atom is -0.459 e. The molecule has 0 spiro atoms. The topological polar surface area (TPSA) is 55.7 Å². The zero-order chi connectivity index (χ0) is 22.2. The maximum absolute atomic E-state index is 11.9. The van der Waals surface area contributed by atoms with Gasteiger partial charge in [-0.25, -0.2) is 4.79 Å². The van der Waals surface area contributed by atoms with Gasteiger partial charge in [0, 0.05) is 20.3 Å². The van der Waals surface area contributed by atoms with E-state index in [1.54, 1.807) is 12.1 Å². The third-order valence-corrected chi connectivity index (χ3v) is 7.55. The normalized spacial score (nSPS) is 20.9. The molecule has 3 atom stereocenters. The van der Waals surface area contributed by atoms with Crippen LogP contribution in [0.4, 0.5) is 0 Å². The molecule has 1 aliphatic rings. The van der Waals surface area contributed by atoms with Crippen LogP contribution in [0.5, 0.6) is 0 Å². The van der Waals surface area contributed by atoms with E-state index in [4.69, 9.17) is 39.5 Å². The molecule has 0 aliphatic heterocycles. The number of carbonyl (C=O) groups excluding carboxylic acids is 1. The van der Waals surface area contributed by atoms with Crippen molar-refractivity contribution < 1.29 is 9.53 Å². The first-order valence-corrected chi connectivity index (χ1v) is 12.3. The first-order valence-electron chi connectivity index (χ1n) is 10.3. The Balaban J connectivity index is 1.51. The number of esters is 1. The van der Waals surface area contributed by atoms with Crippen LogP contribution in [0.2, 0.25) is 10.0 Å². The standard InChI is InChI=1S/C23H24Cl3NO3S/c24-17-12-15(13-18(25)14-17)4-5-16-6-8-21(26)20(16)3-1-2-19-7-9-22(31-19)23(28)30-11-10-27-29/h4-5,7,9,12-14,16,20-21H,1-3,6,8,10-11H2/t16-,20+,21+/m0/s1. The van der Waals surface area contributed by atoms with Crippen LogP contribution in [0.25, 0.3) is 6.08 Å². The fourth-order valence-corrected chi connectivity index (χ4v) is 5.89. The smallest absolute Gasteiger partial charge is 0.348 e. The highest BCUT2D eigenvalue weighted by Crippen LogP contribution is 2.40. The van der Waals surface area contributed by atoms with E-state index < -0.39 is 5.97 Å². The number of alkyl halides is 1. The number of nitrogens with zero attached hydrogens (tertiary/aromatic N) is 1. The Kier molecular flexibility index (Phi) is 9.39. The molecule has 0 N–H and O–H groups in total. The van der Waals surface area contributed by atoms with E-state index in [2.05, 4.69) is 17.3 Å². The molecule has 166 valence electrons. The minimum absolute atomic E-state index is 0.0185. The van der Waals surface area contributed by atoms with Gasteiger partial charge in [0.15, 0.2) is 0 Å². The summed E-state index contributed by atoms with van der Waals surface area (Å²) in [7, 11) is 0. The van der Waals surface area contributed by atoms with Crippen LogP contribution in [-0.4, -0.2) is 24.5 Å². The Bertz CT molecular complexity index is 910. The van der Waals surface area contributed by atoms with E-state index in [0.717, 1.165) is 42.5 Å². The number of halogens is 3. The molecule has 0 bridgehead atoms. The second-order valence-corrected chi connectivity index (χ2v) is 10.2. The highest BCUT2D eigenvalue weighted by atomic mass is 35.5. The first-order chi connectivity index (χ1) is 15.0. The van der Waals surface area contributed by atoms with E-state index in [9.17, 15) is 9.70 Å². The molecular weight excluding hydrogens is 477 g/mol. The van der Waals surface area contributed by atoms with Gasteiger partial charge in [-0.1, -0.05) is 40.5 Å². The molecule has 4 nitrogen and oxygen atoms in total. The van der Waals surface area contributed by atoms with Gasteiger partial charge in [-0.15, -0.1) is 22.9 Å². The highest BCUT2D eigenvalue weighted by molar-refractivity contribution is 7.13. The number of rotatable bonds is 10. The minimum atomic E-state index is -0.400. The van der Waals surface area contributed by atoms with Crippen LogP contribution in [0.3, 0.4) is 0 Å². The van der Waals surface area contributed by atoms with Crippen molar-refractivity contribution in [2.24, 2.45) is 17.0 Å². The number of allylic oxidation sites excluding steroid dienone is 1. The Labute approximate surface area is 201 Å². The lowest BCUT2D eigenvalue weighted by Gasteiger charge is -2.19. The summed E-state index contributed by atoms with van der Waals surface area (Å²) in [5.74, 6) is 0.455. The molecule has 1 saturated carbocycles. The number of thiophene rings is 1. The number of carbonyl (C=O) groups is 1. The largest absolute Gasteiger partial charge is 0.459 e. The van der Waals surface area contributed by atoms with E-state index in [1.165, 1.54) is 11.3 Å². The molecule has 0 unspecified atom stereocenters. The lowest BCUT2D eigenvalue weighted by molar-refractivity contribution is 0.0523. The monoisotopic (exact) mass is 499 g/mol. The Hall–Kier alpha value is -1.40. The van der Waals surface area contributed by atoms with Crippen LogP contribution in [0.15, 0.2) is 41.6 Å². The van der Waals surface area contributed by atoms with Gasteiger partial charge in [0.05, 0.1) is 0 Å². The lowest BCUT2D eigenvalue weighted by atomic mass is 9.90. The third kappa shape index (κ3) is 7.31. The van der Waals surface area contributed by atoms with Gasteiger partial charge in [-0.2, -0.15) is 4.91 Å². The molecule has 1 fully saturated rings. The molecular formula is C23H24Cl3NO3S. The molecule has 3 rings (SSSR count). The molecule has 1 aromatic carbocycles. The maximum Gasteiger partial charge on any atom is 0.348 e. The van der Waals surface area contributed by atoms with Crippen LogP contribution in [-0.2, 0) is 11.2 Å². The number of hydrogen-bond donors (Lipinski definition) is 0. The fourth-order valence-electron chi connectivity index (χ4n) is 3.97. The van der Waals surface area contributed by atoms with Gasteiger partial charge in [0.1, 0.15) is 18.0 Å². The van der Waals surface area contributed by atoms with Crippen LogP contribution < -0.4 is 0 Å². The van der Waals surface area contributed by atoms with Crippen LogP contribution in [0, 0.1) is 16.7 Å². The molecule has 0 radical (unpaired) electrons. The van der Waals surface area contributed by atoms with E-state index in [0.29, 0.717) is 26.8 Å². The van der Waals surface area contributed by atoms with Gasteiger partial charge in [0.25, 0.3) is 0 Å². The zero-order valence-corrected chi connectivity index (χ0v) is 20.0. The molecule has 2 aromatic rings. The Morgan fingerprint density at radius 2 is 1.97 bits per heavy atom. The van der Waals surface area contributed by atoms with E-state index in [1.807, 2.05) is 18.2 Å². The van der Waals surface area contributed by atoms with Gasteiger partial charge < -0.3 is 4.74 Å². The molecule has 8 heteroatoms. The molecule has 1 aromatic heterocycles. The van der Waals surface area contributed by atoms with E-state index in [-0.39, 0.29) is 18.5 Å². The quantitative estimate of drug-likeness (QED) is 0.146. The van der Waals surface area contributed by atoms with Crippen molar-refractivity contribution in [3.8, 4) is 0 Å². The van der Waals surface area contributed by atoms with Gasteiger partial charge in [-0.3, -0.25) is 0 Å². The van der Waals surface area contributed by atoms with Crippen molar-refractivity contribution in [1.82, 2.24) is 0 Å². The SMILES string of the molecule is O=NCCOC(=O)c1ccc(CCC[C@H]2[C@H](Cl)CC[C@@H]2C=Cc2cc(Cl)cc(Cl)c2)s1. The summed E-state index contributed by atoms with van der Waals surface area (Å²) < 4.78 is 5.01. The number of ether oxygens (including phenoxy) is 1. The molecule has 31 heavy (non-hydrogen) atoms. The molecule has 1 aliphatic carbocycles. The lowest BCUT2D eigenvalue weighted by Crippen LogP contribution is -2.14. The summed E-state index contributed by atoms with van der Waals surface area (Å²) in [6.07, 6.45) is 9.35. The summed E-state index contributed by atoms with van der Waals surface area (Å²) in [6, 6.07) is 9.28. The van der Waals surface area contributed by atoms with E-state index >= 15 is 0 Å². The predicted molar refractivity (Wildman–Crippen MR) is 130 cm³/mol. The second-order valence-electron chi connectivity index (χ2n) is 7.63. The summed E-state index contributed by atoms with van der Waals surface area (Å²) in [6.45, 7) is -0.00439. The average Bonchev–Trinajstić information content (AvgIpc) is 3.33. The summed E-state index contributed by atoms with van der Waals surface area (Å²) in [4.78, 5) is 23.7. The third-order valence-electron chi connectivity index (χ3n) is 5.45. The van der Waals surface area contributed by atoms with Crippen molar-refractivity contribution in [1.29, 1.82) is 0 Å². The Morgan fingerprint density at radius 1 is 1.19 bits per heavy atom. The maximum atomic E-state index is 11.9. The van der Waals surface area contributed by atoms with Crippen LogP contribution in [0.1, 0.15) is 45.8 Å². The number of benzene rings is 1. The summed E-state index contributed by atoms with van der Waals surface area (Å²) in [5.41, 5.74) is 0.996. The van der Waals surface area contributed by atoms with Gasteiger partial charge in [-0.05, 0) is 79.8 Å². The van der Waals surface area contributed by atoms with Gasteiger partial charge in [0.2, 0.25) is 0 Å². The van der Waals surface area contributed by atoms with Gasteiger partial charge >= 0.3 is 5.97 Å². The average molecular weight is 501 g/mol. The fraction of sp³-hybridized carbons (Fsp3) is 0.435. The molecule has 1 heterocycles. The van der Waals surface area contributed by atoms with Crippen molar-refractivity contribution in [2.75, 3.05) is 13.2 Å². The summed E-state index contributed by atoms with van der Waals surface area (Å²) >= 11 is 20.3. The van der Waals surface area contributed by atoms with Crippen molar-refractivity contribution in [2.45, 2.75) is 37.5 Å². The number of aryl methyl sites for hydroxylation is 1.